The molecule has 0 N–H and O–H groups in total. The van der Waals surface area contributed by atoms with Crippen LogP contribution in [0.4, 0.5) is 0 Å². The topological polar surface area (TPSA) is 0 Å². The molecule has 0 heterocycles. The van der Waals surface area contributed by atoms with Crippen molar-refractivity contribution in [3.8, 4) is 0 Å². The number of rotatable bonds is 12. The molecule has 1 unspecified atom stereocenters. The molecular formula is C15H33S+. The average Bonchev–Trinajstić information content (AvgIpc) is 2.31. The van der Waals surface area contributed by atoms with Crippen LogP contribution in [0.2, 0.25) is 0 Å². The molecule has 0 saturated carbocycles. The summed E-state index contributed by atoms with van der Waals surface area (Å²) in [6, 6.07) is 0. The third-order valence-corrected chi connectivity index (χ3v) is 5.31. The molecule has 0 aliphatic carbocycles. The summed E-state index contributed by atoms with van der Waals surface area (Å²) in [5.74, 6) is 2.87. The van der Waals surface area contributed by atoms with Gasteiger partial charge < -0.3 is 0 Å². The lowest BCUT2D eigenvalue weighted by Gasteiger charge is -2.02. The lowest BCUT2D eigenvalue weighted by Crippen LogP contribution is -2.06. The maximum atomic E-state index is 2.41. The van der Waals surface area contributed by atoms with Gasteiger partial charge in [0, 0.05) is 0 Å². The average molecular weight is 245 g/mol. The summed E-state index contributed by atoms with van der Waals surface area (Å²) < 4.78 is 0. The fourth-order valence-corrected chi connectivity index (χ4v) is 2.97. The normalized spacial score (nSPS) is 12.9. The van der Waals surface area contributed by atoms with E-state index in [1.54, 1.807) is 0 Å². The van der Waals surface area contributed by atoms with E-state index in [0.29, 0.717) is 10.9 Å². The maximum absolute atomic E-state index is 2.41. The van der Waals surface area contributed by atoms with Gasteiger partial charge in [0.25, 0.3) is 0 Å². The van der Waals surface area contributed by atoms with Crippen LogP contribution < -0.4 is 0 Å². The van der Waals surface area contributed by atoms with Gasteiger partial charge in [-0.15, -0.1) is 0 Å². The second-order valence-electron chi connectivity index (χ2n) is 4.96. The Labute approximate surface area is 107 Å². The van der Waals surface area contributed by atoms with E-state index in [2.05, 4.69) is 20.1 Å². The fraction of sp³-hybridized carbons (Fsp3) is 1.00. The van der Waals surface area contributed by atoms with Crippen molar-refractivity contribution >= 4 is 10.9 Å². The molecule has 0 saturated heterocycles. The molecule has 0 fully saturated rings. The standard InChI is InChI=1S/C15H33S/c1-4-6-7-8-9-10-11-12-13-14-15-16(3)5-2/h4-15H2,1-3H3/q+1. The predicted octanol–water partition coefficient (Wildman–Crippen LogP) is 5.18. The van der Waals surface area contributed by atoms with Gasteiger partial charge in [0.15, 0.2) is 0 Å². The molecule has 0 bridgehead atoms. The van der Waals surface area contributed by atoms with E-state index >= 15 is 0 Å². The van der Waals surface area contributed by atoms with Gasteiger partial charge in [0.1, 0.15) is 11.5 Å². The maximum Gasteiger partial charge on any atom is 0.107 e. The Balaban J connectivity index is 2.93. The summed E-state index contributed by atoms with van der Waals surface area (Å²) in [7, 11) is 0.710. The smallest absolute Gasteiger partial charge is 0.0654 e. The van der Waals surface area contributed by atoms with E-state index < -0.39 is 0 Å². The van der Waals surface area contributed by atoms with Crippen molar-refractivity contribution in [1.82, 2.24) is 0 Å². The molecule has 16 heavy (non-hydrogen) atoms. The zero-order chi connectivity index (χ0) is 12.1. The molecule has 98 valence electrons. The SMILES string of the molecule is CCCCCCCCCCCC[S+](C)CC. The molecule has 0 amide bonds. The highest BCUT2D eigenvalue weighted by Gasteiger charge is 2.05. The minimum atomic E-state index is 0.710. The van der Waals surface area contributed by atoms with Gasteiger partial charge in [-0.2, -0.15) is 0 Å². The highest BCUT2D eigenvalue weighted by molar-refractivity contribution is 7.96. The Hall–Kier alpha value is 0.350. The summed E-state index contributed by atoms with van der Waals surface area (Å²) in [5.41, 5.74) is 0. The van der Waals surface area contributed by atoms with Gasteiger partial charge in [-0.25, -0.2) is 0 Å². The zero-order valence-electron chi connectivity index (χ0n) is 11.9. The first-order valence-electron chi connectivity index (χ1n) is 7.40. The number of hydrogen-bond acceptors (Lipinski definition) is 0. The van der Waals surface area contributed by atoms with Crippen LogP contribution in [-0.2, 0) is 10.9 Å². The van der Waals surface area contributed by atoms with Crippen molar-refractivity contribution in [3.05, 3.63) is 0 Å². The van der Waals surface area contributed by atoms with Crippen LogP contribution in [0.25, 0.3) is 0 Å². The molecule has 0 rings (SSSR count). The van der Waals surface area contributed by atoms with E-state index in [4.69, 9.17) is 0 Å². The highest BCUT2D eigenvalue weighted by atomic mass is 32.2. The molecule has 1 heteroatoms. The van der Waals surface area contributed by atoms with Crippen LogP contribution in [0.15, 0.2) is 0 Å². The van der Waals surface area contributed by atoms with Gasteiger partial charge in [0.05, 0.1) is 6.26 Å². The van der Waals surface area contributed by atoms with E-state index in [1.807, 2.05) is 0 Å². The second-order valence-corrected chi connectivity index (χ2v) is 7.50. The lowest BCUT2D eigenvalue weighted by molar-refractivity contribution is 0.563. The largest absolute Gasteiger partial charge is 0.107 e. The Bertz CT molecular complexity index is 123. The molecule has 0 aromatic rings. The Kier molecular flexibility index (Phi) is 13.7. The van der Waals surface area contributed by atoms with Crippen LogP contribution in [0.5, 0.6) is 0 Å². The van der Waals surface area contributed by atoms with Crippen LogP contribution in [0.1, 0.15) is 78.1 Å². The van der Waals surface area contributed by atoms with Crippen molar-refractivity contribution < 1.29 is 0 Å². The van der Waals surface area contributed by atoms with Crippen molar-refractivity contribution in [1.29, 1.82) is 0 Å². The lowest BCUT2D eigenvalue weighted by atomic mass is 10.1. The van der Waals surface area contributed by atoms with Crippen molar-refractivity contribution in [2.75, 3.05) is 17.8 Å². The summed E-state index contributed by atoms with van der Waals surface area (Å²) in [6.45, 7) is 4.61. The van der Waals surface area contributed by atoms with Crippen molar-refractivity contribution in [3.63, 3.8) is 0 Å². The van der Waals surface area contributed by atoms with Gasteiger partial charge in [-0.05, 0) is 30.7 Å². The molecule has 0 radical (unpaired) electrons. The summed E-state index contributed by atoms with van der Waals surface area (Å²) in [4.78, 5) is 0. The quantitative estimate of drug-likeness (QED) is 0.328. The molecule has 0 aliphatic heterocycles. The molecule has 0 aliphatic rings. The molecular weight excluding hydrogens is 212 g/mol. The van der Waals surface area contributed by atoms with Crippen LogP contribution in [0, 0.1) is 0 Å². The summed E-state index contributed by atoms with van der Waals surface area (Å²) in [5, 5.41) is 0. The molecule has 0 aromatic carbocycles. The third kappa shape index (κ3) is 12.4. The fourth-order valence-electron chi connectivity index (χ4n) is 1.98. The van der Waals surface area contributed by atoms with Crippen molar-refractivity contribution in [2.45, 2.75) is 78.1 Å². The number of unbranched alkanes of at least 4 members (excludes halogenated alkanes) is 9. The van der Waals surface area contributed by atoms with Crippen LogP contribution in [0.3, 0.4) is 0 Å². The first-order chi connectivity index (χ1) is 7.81. The second kappa shape index (κ2) is 13.4. The van der Waals surface area contributed by atoms with Crippen LogP contribution >= 0.6 is 0 Å². The number of hydrogen-bond donors (Lipinski definition) is 0. The van der Waals surface area contributed by atoms with Gasteiger partial charge in [-0.1, -0.05) is 58.3 Å². The van der Waals surface area contributed by atoms with Crippen molar-refractivity contribution in [2.24, 2.45) is 0 Å². The zero-order valence-corrected chi connectivity index (χ0v) is 12.7. The van der Waals surface area contributed by atoms with E-state index in [1.165, 1.54) is 75.7 Å². The minimum Gasteiger partial charge on any atom is -0.0654 e. The van der Waals surface area contributed by atoms with Gasteiger partial charge in [0.2, 0.25) is 0 Å². The molecule has 0 nitrogen and oxygen atoms in total. The Morgan fingerprint density at radius 2 is 1.06 bits per heavy atom. The molecule has 0 spiro atoms. The predicted molar refractivity (Wildman–Crippen MR) is 80.5 cm³/mol. The summed E-state index contributed by atoms with van der Waals surface area (Å²) >= 11 is 0. The minimum absolute atomic E-state index is 0.710. The monoisotopic (exact) mass is 245 g/mol. The van der Waals surface area contributed by atoms with Gasteiger partial charge >= 0.3 is 0 Å². The molecule has 1 atom stereocenters. The van der Waals surface area contributed by atoms with E-state index in [-0.39, 0.29) is 0 Å². The first-order valence-corrected chi connectivity index (χ1v) is 9.37. The highest BCUT2D eigenvalue weighted by Crippen LogP contribution is 2.11. The summed E-state index contributed by atoms with van der Waals surface area (Å²) in [6.07, 6.45) is 17.0. The van der Waals surface area contributed by atoms with Gasteiger partial charge in [-0.3, -0.25) is 0 Å². The Morgan fingerprint density at radius 1 is 0.625 bits per heavy atom. The Morgan fingerprint density at radius 3 is 1.50 bits per heavy atom. The van der Waals surface area contributed by atoms with E-state index in [9.17, 15) is 0 Å². The van der Waals surface area contributed by atoms with Crippen LogP contribution in [-0.4, -0.2) is 17.8 Å². The molecule has 0 aromatic heterocycles. The first kappa shape index (κ1) is 16.4. The van der Waals surface area contributed by atoms with E-state index in [0.717, 1.165) is 0 Å². The third-order valence-electron chi connectivity index (χ3n) is 3.34.